The second-order valence-electron chi connectivity index (χ2n) is 6.92. The lowest BCUT2D eigenvalue weighted by Crippen LogP contribution is -2.44. The van der Waals surface area contributed by atoms with Gasteiger partial charge in [0.1, 0.15) is 24.0 Å². The van der Waals surface area contributed by atoms with Crippen LogP contribution in [0, 0.1) is 6.92 Å². The van der Waals surface area contributed by atoms with Gasteiger partial charge in [0, 0.05) is 30.1 Å². The van der Waals surface area contributed by atoms with E-state index in [0.29, 0.717) is 23.9 Å². The second kappa shape index (κ2) is 9.40. The number of rotatable bonds is 6. The van der Waals surface area contributed by atoms with Gasteiger partial charge in [0.2, 0.25) is 0 Å². The molecule has 0 saturated carbocycles. The van der Waals surface area contributed by atoms with Gasteiger partial charge in [-0.3, -0.25) is 4.90 Å². The molecule has 0 bridgehead atoms. The van der Waals surface area contributed by atoms with E-state index in [1.54, 1.807) is 6.07 Å². The van der Waals surface area contributed by atoms with Crippen LogP contribution in [-0.4, -0.2) is 41.8 Å². The summed E-state index contributed by atoms with van der Waals surface area (Å²) < 4.78 is 11.0. The minimum Gasteiger partial charge on any atom is -0.491 e. The lowest BCUT2D eigenvalue weighted by Gasteiger charge is -2.36. The molecular weight excluding hydrogens is 354 g/mol. The Labute approximate surface area is 160 Å². The Morgan fingerprint density at radius 3 is 2.92 bits per heavy atom. The van der Waals surface area contributed by atoms with Gasteiger partial charge in [-0.1, -0.05) is 13.3 Å². The van der Waals surface area contributed by atoms with Gasteiger partial charge in [-0.15, -0.1) is 12.4 Å². The van der Waals surface area contributed by atoms with Crippen molar-refractivity contribution >= 4 is 23.4 Å². The molecule has 1 aromatic heterocycles. The van der Waals surface area contributed by atoms with E-state index in [1.165, 1.54) is 25.3 Å². The number of hydrogen-bond donors (Lipinski definition) is 1. The van der Waals surface area contributed by atoms with Gasteiger partial charge in [-0.05, 0) is 50.4 Å². The van der Waals surface area contributed by atoms with Crippen molar-refractivity contribution in [3.63, 3.8) is 0 Å². The van der Waals surface area contributed by atoms with Crippen LogP contribution in [0.25, 0.3) is 11.0 Å². The topological polar surface area (TPSA) is 62.9 Å². The highest BCUT2D eigenvalue weighted by molar-refractivity contribution is 5.85. The second-order valence-corrected chi connectivity index (χ2v) is 6.92. The van der Waals surface area contributed by atoms with Gasteiger partial charge in [-0.25, -0.2) is 4.79 Å². The van der Waals surface area contributed by atoms with Crippen LogP contribution in [0.2, 0.25) is 0 Å². The number of likely N-dealkylation sites (tertiary alicyclic amines) is 1. The number of nitrogens with zero attached hydrogens (tertiary/aromatic N) is 1. The van der Waals surface area contributed by atoms with Gasteiger partial charge >= 0.3 is 5.63 Å². The molecule has 1 saturated heterocycles. The molecule has 2 atom stereocenters. The van der Waals surface area contributed by atoms with E-state index in [9.17, 15) is 9.90 Å². The third kappa shape index (κ3) is 5.00. The first-order valence-electron chi connectivity index (χ1n) is 9.16. The SMILES string of the molecule is CCC1CCCCN1CC(O)COc1ccc2c(C)cc(=O)oc2c1.Cl. The number of ether oxygens (including phenoxy) is 1. The summed E-state index contributed by atoms with van der Waals surface area (Å²) in [6.45, 7) is 6.01. The molecule has 1 aliphatic heterocycles. The molecule has 0 aliphatic carbocycles. The zero-order chi connectivity index (χ0) is 17.8. The van der Waals surface area contributed by atoms with Crippen LogP contribution < -0.4 is 10.4 Å². The molecule has 144 valence electrons. The molecule has 1 aliphatic rings. The lowest BCUT2D eigenvalue weighted by molar-refractivity contribution is 0.0388. The van der Waals surface area contributed by atoms with Gasteiger partial charge in [-0.2, -0.15) is 0 Å². The predicted octanol–water partition coefficient (Wildman–Crippen LogP) is 3.53. The number of fused-ring (bicyclic) bond motifs is 1. The molecule has 1 N–H and O–H groups in total. The van der Waals surface area contributed by atoms with Crippen molar-refractivity contribution in [1.82, 2.24) is 4.90 Å². The van der Waals surface area contributed by atoms with Crippen LogP contribution in [0.15, 0.2) is 33.5 Å². The summed E-state index contributed by atoms with van der Waals surface area (Å²) in [5.74, 6) is 0.603. The maximum absolute atomic E-state index is 11.5. The van der Waals surface area contributed by atoms with E-state index in [2.05, 4.69) is 11.8 Å². The van der Waals surface area contributed by atoms with Gasteiger partial charge < -0.3 is 14.3 Å². The highest BCUT2D eigenvalue weighted by Crippen LogP contribution is 2.23. The average Bonchev–Trinajstić information content (AvgIpc) is 2.60. The molecule has 6 heteroatoms. The summed E-state index contributed by atoms with van der Waals surface area (Å²) in [5, 5.41) is 11.2. The molecule has 26 heavy (non-hydrogen) atoms. The molecule has 2 heterocycles. The zero-order valence-electron chi connectivity index (χ0n) is 15.4. The molecule has 1 fully saturated rings. The fourth-order valence-corrected chi connectivity index (χ4v) is 3.67. The summed E-state index contributed by atoms with van der Waals surface area (Å²) in [4.78, 5) is 13.9. The molecule has 2 aromatic rings. The third-order valence-electron chi connectivity index (χ3n) is 5.03. The third-order valence-corrected chi connectivity index (χ3v) is 5.03. The number of halogens is 1. The van der Waals surface area contributed by atoms with Gasteiger partial charge in [0.25, 0.3) is 0 Å². The van der Waals surface area contributed by atoms with Crippen LogP contribution in [-0.2, 0) is 0 Å². The average molecular weight is 382 g/mol. The molecule has 1 aromatic carbocycles. The molecule has 3 rings (SSSR count). The van der Waals surface area contributed by atoms with Crippen LogP contribution in [0.3, 0.4) is 0 Å². The van der Waals surface area contributed by atoms with Crippen LogP contribution in [0.4, 0.5) is 0 Å². The zero-order valence-corrected chi connectivity index (χ0v) is 16.3. The fourth-order valence-electron chi connectivity index (χ4n) is 3.67. The first kappa shape index (κ1) is 20.7. The van der Waals surface area contributed by atoms with Gasteiger partial charge in [0.05, 0.1) is 0 Å². The number of aliphatic hydroxyl groups excluding tert-OH is 1. The normalized spacial score (nSPS) is 19.1. The van der Waals surface area contributed by atoms with Crippen LogP contribution >= 0.6 is 12.4 Å². The fraction of sp³-hybridized carbons (Fsp3) is 0.550. The number of aryl methyl sites for hydroxylation is 1. The molecular formula is C20H28ClNO4. The minimum absolute atomic E-state index is 0. The minimum atomic E-state index is -0.535. The molecule has 2 unspecified atom stereocenters. The Balaban J connectivity index is 0.00000243. The van der Waals surface area contributed by atoms with E-state index < -0.39 is 6.10 Å². The van der Waals surface area contributed by atoms with Crippen molar-refractivity contribution in [3.8, 4) is 5.75 Å². The van der Waals surface area contributed by atoms with Crippen LogP contribution in [0.1, 0.15) is 38.2 Å². The van der Waals surface area contributed by atoms with Crippen molar-refractivity contribution in [1.29, 1.82) is 0 Å². The maximum atomic E-state index is 11.5. The summed E-state index contributed by atoms with van der Waals surface area (Å²) in [6.07, 6.45) is 4.28. The number of aliphatic hydroxyl groups is 1. The summed E-state index contributed by atoms with van der Waals surface area (Å²) in [7, 11) is 0. The predicted molar refractivity (Wildman–Crippen MR) is 105 cm³/mol. The van der Waals surface area contributed by atoms with Crippen molar-refractivity contribution in [2.75, 3.05) is 19.7 Å². The number of hydrogen-bond acceptors (Lipinski definition) is 5. The van der Waals surface area contributed by atoms with Crippen molar-refractivity contribution in [2.24, 2.45) is 0 Å². The van der Waals surface area contributed by atoms with Crippen LogP contribution in [0.5, 0.6) is 5.75 Å². The Bertz CT molecular complexity index is 776. The van der Waals surface area contributed by atoms with E-state index in [-0.39, 0.29) is 24.6 Å². The smallest absolute Gasteiger partial charge is 0.336 e. The highest BCUT2D eigenvalue weighted by atomic mass is 35.5. The quantitative estimate of drug-likeness (QED) is 0.775. The summed E-state index contributed by atoms with van der Waals surface area (Å²) >= 11 is 0. The Hall–Kier alpha value is -1.56. The van der Waals surface area contributed by atoms with Gasteiger partial charge in [0.15, 0.2) is 0 Å². The molecule has 0 radical (unpaired) electrons. The largest absolute Gasteiger partial charge is 0.491 e. The summed E-state index contributed by atoms with van der Waals surface area (Å²) in [6, 6.07) is 7.49. The number of benzene rings is 1. The first-order valence-corrected chi connectivity index (χ1v) is 9.16. The van der Waals surface area contributed by atoms with Crippen molar-refractivity contribution in [3.05, 3.63) is 40.2 Å². The highest BCUT2D eigenvalue weighted by Gasteiger charge is 2.23. The van der Waals surface area contributed by atoms with E-state index >= 15 is 0 Å². The molecule has 5 nitrogen and oxygen atoms in total. The Morgan fingerprint density at radius 1 is 1.35 bits per heavy atom. The van der Waals surface area contributed by atoms with E-state index in [0.717, 1.165) is 23.9 Å². The van der Waals surface area contributed by atoms with Crippen molar-refractivity contribution < 1.29 is 14.3 Å². The molecule has 0 amide bonds. The maximum Gasteiger partial charge on any atom is 0.336 e. The summed E-state index contributed by atoms with van der Waals surface area (Å²) in [5.41, 5.74) is 1.03. The monoisotopic (exact) mass is 381 g/mol. The molecule has 0 spiro atoms. The Morgan fingerprint density at radius 2 is 2.15 bits per heavy atom. The standard InChI is InChI=1S/C20H27NO4.ClH/c1-3-15-6-4-5-9-21(15)12-16(22)13-24-17-7-8-18-14(2)10-20(23)25-19(18)11-17;/h7-8,10-11,15-16,22H,3-6,9,12-13H2,1-2H3;1H. The lowest BCUT2D eigenvalue weighted by atomic mass is 10.00. The Kier molecular flexibility index (Phi) is 7.50. The van der Waals surface area contributed by atoms with E-state index in [1.807, 2.05) is 19.1 Å². The van der Waals surface area contributed by atoms with E-state index in [4.69, 9.17) is 9.15 Å². The number of piperidine rings is 1. The number of β-amino-alcohol motifs (C(OH)–C–C–N with tert-alkyl or cyclic N) is 1. The van der Waals surface area contributed by atoms with Crippen molar-refractivity contribution in [2.45, 2.75) is 51.7 Å². The first-order chi connectivity index (χ1) is 12.1.